The Kier molecular flexibility index (Phi) is 7.83. The van der Waals surface area contributed by atoms with Crippen molar-refractivity contribution in [3.63, 3.8) is 0 Å². The Morgan fingerprint density at radius 2 is 1.89 bits per heavy atom. The standard InChI is InChI=1S/C27H29ClN4O5/c1-4-37-25(34)21-15-22-24(33)31(14-13-18-9-11-20(28)12-10-18)27(2,17-32(22)30-21)26(35)29-16-19-7-5-6-8-23(19)36-3/h5-12,15H,4,13-14,16-17H2,1-3H3,(H,29,35). The maximum absolute atomic E-state index is 13.7. The molecule has 0 saturated carbocycles. The van der Waals surface area contributed by atoms with Gasteiger partial charge in [0, 0.05) is 29.7 Å². The minimum atomic E-state index is -1.27. The molecule has 1 unspecified atom stereocenters. The van der Waals surface area contributed by atoms with E-state index in [4.69, 9.17) is 21.1 Å². The quantitative estimate of drug-likeness (QED) is 0.430. The molecular formula is C27H29ClN4O5. The molecule has 1 N–H and O–H groups in total. The van der Waals surface area contributed by atoms with E-state index in [1.807, 2.05) is 36.4 Å². The Labute approximate surface area is 220 Å². The number of carbonyl (C=O) groups excluding carboxylic acids is 3. The molecule has 0 radical (unpaired) electrons. The number of methoxy groups -OCH3 is 1. The topological polar surface area (TPSA) is 103 Å². The van der Waals surface area contributed by atoms with Crippen molar-refractivity contribution in [2.24, 2.45) is 0 Å². The molecule has 0 bridgehead atoms. The van der Waals surface area contributed by atoms with Gasteiger partial charge in [-0.15, -0.1) is 0 Å². The molecule has 9 nitrogen and oxygen atoms in total. The van der Waals surface area contributed by atoms with E-state index in [1.54, 1.807) is 38.0 Å². The number of hydrogen-bond donors (Lipinski definition) is 1. The molecular weight excluding hydrogens is 496 g/mol. The summed E-state index contributed by atoms with van der Waals surface area (Å²) < 4.78 is 11.9. The Balaban J connectivity index is 1.63. The van der Waals surface area contributed by atoms with Crippen molar-refractivity contribution in [2.75, 3.05) is 20.3 Å². The molecule has 0 spiro atoms. The molecule has 0 fully saturated rings. The number of carbonyl (C=O) groups is 3. The number of fused-ring (bicyclic) bond motifs is 1. The number of esters is 1. The zero-order valence-electron chi connectivity index (χ0n) is 21.0. The van der Waals surface area contributed by atoms with Crippen LogP contribution in [0, 0.1) is 0 Å². The van der Waals surface area contributed by atoms with E-state index in [0.717, 1.165) is 11.1 Å². The van der Waals surface area contributed by atoms with Gasteiger partial charge in [0.1, 0.15) is 17.0 Å². The van der Waals surface area contributed by atoms with Crippen molar-refractivity contribution < 1.29 is 23.9 Å². The van der Waals surface area contributed by atoms with Gasteiger partial charge >= 0.3 is 5.97 Å². The molecule has 37 heavy (non-hydrogen) atoms. The van der Waals surface area contributed by atoms with Crippen molar-refractivity contribution in [3.8, 4) is 5.75 Å². The fourth-order valence-corrected chi connectivity index (χ4v) is 4.53. The third-order valence-electron chi connectivity index (χ3n) is 6.44. The maximum atomic E-state index is 13.7. The van der Waals surface area contributed by atoms with Gasteiger partial charge in [0.15, 0.2) is 5.69 Å². The highest BCUT2D eigenvalue weighted by Crippen LogP contribution is 2.29. The van der Waals surface area contributed by atoms with E-state index in [1.165, 1.54) is 10.7 Å². The highest BCUT2D eigenvalue weighted by molar-refractivity contribution is 6.30. The average molecular weight is 525 g/mol. The summed E-state index contributed by atoms with van der Waals surface area (Å²) in [7, 11) is 1.57. The summed E-state index contributed by atoms with van der Waals surface area (Å²) in [6.45, 7) is 4.16. The van der Waals surface area contributed by atoms with Crippen LogP contribution >= 0.6 is 11.6 Å². The minimum Gasteiger partial charge on any atom is -0.496 e. The smallest absolute Gasteiger partial charge is 0.358 e. The van der Waals surface area contributed by atoms with Crippen LogP contribution in [0.25, 0.3) is 0 Å². The van der Waals surface area contributed by atoms with Crippen molar-refractivity contribution in [3.05, 3.63) is 82.1 Å². The molecule has 2 aromatic carbocycles. The van der Waals surface area contributed by atoms with E-state index in [2.05, 4.69) is 10.4 Å². The lowest BCUT2D eigenvalue weighted by Crippen LogP contribution is -2.64. The van der Waals surface area contributed by atoms with Crippen molar-refractivity contribution in [1.29, 1.82) is 0 Å². The number of aromatic nitrogens is 2. The largest absolute Gasteiger partial charge is 0.496 e. The normalized spacial score (nSPS) is 16.8. The first-order valence-electron chi connectivity index (χ1n) is 12.0. The van der Waals surface area contributed by atoms with Gasteiger partial charge in [0.2, 0.25) is 5.91 Å². The van der Waals surface area contributed by atoms with Crippen LogP contribution < -0.4 is 10.1 Å². The van der Waals surface area contributed by atoms with E-state index in [0.29, 0.717) is 17.2 Å². The van der Waals surface area contributed by atoms with Gasteiger partial charge in [0.25, 0.3) is 5.91 Å². The Morgan fingerprint density at radius 1 is 1.16 bits per heavy atom. The lowest BCUT2D eigenvalue weighted by Gasteiger charge is -2.43. The molecule has 1 aliphatic heterocycles. The number of rotatable bonds is 9. The van der Waals surface area contributed by atoms with Crippen LogP contribution in [0.5, 0.6) is 5.75 Å². The SMILES string of the molecule is CCOC(=O)c1cc2n(n1)CC(C)(C(=O)NCc1ccccc1OC)N(CCc1ccc(Cl)cc1)C2=O. The van der Waals surface area contributed by atoms with E-state index < -0.39 is 17.4 Å². The predicted molar refractivity (Wildman–Crippen MR) is 138 cm³/mol. The third-order valence-corrected chi connectivity index (χ3v) is 6.69. The fourth-order valence-electron chi connectivity index (χ4n) is 4.40. The zero-order chi connectivity index (χ0) is 26.6. The molecule has 3 aromatic rings. The highest BCUT2D eigenvalue weighted by atomic mass is 35.5. The number of benzene rings is 2. The van der Waals surface area contributed by atoms with E-state index in [-0.39, 0.29) is 43.5 Å². The monoisotopic (exact) mass is 524 g/mol. The van der Waals surface area contributed by atoms with Gasteiger partial charge in [-0.05, 0) is 44.0 Å². The first kappa shape index (κ1) is 26.2. The maximum Gasteiger partial charge on any atom is 0.358 e. The molecule has 1 aromatic heterocycles. The fraction of sp³-hybridized carbons (Fsp3) is 0.333. The molecule has 1 aliphatic rings. The number of halogens is 1. The number of nitrogens with one attached hydrogen (secondary N) is 1. The molecule has 0 aliphatic carbocycles. The van der Waals surface area contributed by atoms with Crippen molar-refractivity contribution in [2.45, 2.75) is 38.9 Å². The Morgan fingerprint density at radius 3 is 2.59 bits per heavy atom. The van der Waals surface area contributed by atoms with Crippen LogP contribution in [0.2, 0.25) is 5.02 Å². The highest BCUT2D eigenvalue weighted by Gasteiger charge is 2.48. The average Bonchev–Trinajstić information content (AvgIpc) is 3.32. The molecule has 0 saturated heterocycles. The predicted octanol–water partition coefficient (Wildman–Crippen LogP) is 3.50. The van der Waals surface area contributed by atoms with Crippen LogP contribution in [0.1, 0.15) is 46.0 Å². The number of ether oxygens (including phenoxy) is 2. The summed E-state index contributed by atoms with van der Waals surface area (Å²) >= 11 is 6.01. The van der Waals surface area contributed by atoms with Gasteiger partial charge in [0.05, 0.1) is 20.3 Å². The second kappa shape index (κ2) is 11.0. The third kappa shape index (κ3) is 5.46. The van der Waals surface area contributed by atoms with Crippen LogP contribution in [-0.2, 0) is 29.0 Å². The minimum absolute atomic E-state index is 0.0292. The summed E-state index contributed by atoms with van der Waals surface area (Å²) in [6, 6.07) is 16.2. The van der Waals surface area contributed by atoms with Gasteiger partial charge in [-0.25, -0.2) is 4.79 Å². The number of hydrogen-bond acceptors (Lipinski definition) is 6. The number of nitrogens with zero attached hydrogens (tertiary/aromatic N) is 3. The molecule has 2 heterocycles. The summed E-state index contributed by atoms with van der Waals surface area (Å²) in [4.78, 5) is 41.2. The van der Waals surface area contributed by atoms with Crippen LogP contribution in [-0.4, -0.2) is 58.3 Å². The number of para-hydroxylation sites is 1. The van der Waals surface area contributed by atoms with Crippen LogP contribution in [0.15, 0.2) is 54.6 Å². The lowest BCUT2D eigenvalue weighted by atomic mass is 9.94. The summed E-state index contributed by atoms with van der Waals surface area (Å²) in [5.41, 5.74) is 0.772. The Bertz CT molecular complexity index is 1310. The van der Waals surface area contributed by atoms with Gasteiger partial charge in [-0.2, -0.15) is 5.10 Å². The number of amides is 2. The van der Waals surface area contributed by atoms with Gasteiger partial charge in [-0.3, -0.25) is 14.3 Å². The summed E-state index contributed by atoms with van der Waals surface area (Å²) in [6.07, 6.45) is 0.511. The molecule has 1 atom stereocenters. The lowest BCUT2D eigenvalue weighted by molar-refractivity contribution is -0.133. The first-order valence-corrected chi connectivity index (χ1v) is 12.4. The molecule has 2 amide bonds. The van der Waals surface area contributed by atoms with E-state index in [9.17, 15) is 14.4 Å². The van der Waals surface area contributed by atoms with Crippen molar-refractivity contribution >= 4 is 29.4 Å². The molecule has 194 valence electrons. The molecule has 10 heteroatoms. The van der Waals surface area contributed by atoms with Crippen LogP contribution in [0.3, 0.4) is 0 Å². The summed E-state index contributed by atoms with van der Waals surface area (Å²) in [5.74, 6) is -0.701. The van der Waals surface area contributed by atoms with Gasteiger partial charge in [-0.1, -0.05) is 41.9 Å². The second-order valence-corrected chi connectivity index (χ2v) is 9.33. The zero-order valence-corrected chi connectivity index (χ0v) is 21.7. The van der Waals surface area contributed by atoms with Crippen molar-refractivity contribution in [1.82, 2.24) is 20.0 Å². The first-order chi connectivity index (χ1) is 17.8. The van der Waals surface area contributed by atoms with Gasteiger partial charge < -0.3 is 19.7 Å². The van der Waals surface area contributed by atoms with Crippen LogP contribution in [0.4, 0.5) is 0 Å². The van der Waals surface area contributed by atoms with E-state index >= 15 is 0 Å². The second-order valence-electron chi connectivity index (χ2n) is 8.89. The summed E-state index contributed by atoms with van der Waals surface area (Å²) in [5, 5.41) is 7.86. The Hall–Kier alpha value is -3.85. The molecule has 4 rings (SSSR count).